The molecule has 0 heterocycles. The Morgan fingerprint density at radius 2 is 1.60 bits per heavy atom. The Bertz CT molecular complexity index is 731. The summed E-state index contributed by atoms with van der Waals surface area (Å²) in [4.78, 5) is 24.9. The molecule has 0 aromatic heterocycles. The van der Waals surface area contributed by atoms with E-state index in [1.807, 2.05) is 51.1 Å². The van der Waals surface area contributed by atoms with E-state index in [-0.39, 0.29) is 23.4 Å². The van der Waals surface area contributed by atoms with E-state index in [1.54, 1.807) is 0 Å². The predicted octanol–water partition coefficient (Wildman–Crippen LogP) is 3.46. The molecule has 0 aliphatic rings. The lowest BCUT2D eigenvalue weighted by Crippen LogP contribution is -2.50. The molecule has 2 unspecified atom stereocenters. The second kappa shape index (κ2) is 8.42. The van der Waals surface area contributed by atoms with Crippen LogP contribution in [0.15, 0.2) is 54.6 Å². The molecule has 0 bridgehead atoms. The topological polar surface area (TPSA) is 58.2 Å². The van der Waals surface area contributed by atoms with E-state index < -0.39 is 17.8 Å². The number of hydrogen-bond acceptors (Lipinski definition) is 2. The van der Waals surface area contributed by atoms with Crippen molar-refractivity contribution in [3.8, 4) is 0 Å². The van der Waals surface area contributed by atoms with Gasteiger partial charge in [0.05, 0.1) is 6.04 Å². The fourth-order valence-corrected chi connectivity index (χ4v) is 2.52. The van der Waals surface area contributed by atoms with E-state index in [1.165, 1.54) is 18.2 Å². The van der Waals surface area contributed by atoms with E-state index in [0.29, 0.717) is 0 Å². The summed E-state index contributed by atoms with van der Waals surface area (Å²) in [6.07, 6.45) is 0. The van der Waals surface area contributed by atoms with E-state index in [4.69, 9.17) is 0 Å². The molecule has 2 amide bonds. The van der Waals surface area contributed by atoms with Gasteiger partial charge < -0.3 is 10.6 Å². The van der Waals surface area contributed by atoms with Crippen LogP contribution in [0.25, 0.3) is 0 Å². The van der Waals surface area contributed by atoms with Gasteiger partial charge in [-0.2, -0.15) is 0 Å². The summed E-state index contributed by atoms with van der Waals surface area (Å²) >= 11 is 0. The fraction of sp³-hybridized carbons (Fsp3) is 0.300. The quantitative estimate of drug-likeness (QED) is 0.845. The van der Waals surface area contributed by atoms with Gasteiger partial charge in [-0.05, 0) is 36.6 Å². The molecule has 2 aromatic rings. The molecule has 25 heavy (non-hydrogen) atoms. The van der Waals surface area contributed by atoms with Gasteiger partial charge >= 0.3 is 0 Å². The van der Waals surface area contributed by atoms with Crippen molar-refractivity contribution in [3.63, 3.8) is 0 Å². The van der Waals surface area contributed by atoms with Crippen LogP contribution in [0.3, 0.4) is 0 Å². The van der Waals surface area contributed by atoms with Gasteiger partial charge in [0.2, 0.25) is 5.91 Å². The second-order valence-electron chi connectivity index (χ2n) is 6.35. The summed E-state index contributed by atoms with van der Waals surface area (Å²) in [5.74, 6) is -1.34. The Labute approximate surface area is 147 Å². The molecule has 0 aliphatic carbocycles. The molecule has 5 heteroatoms. The maximum absolute atomic E-state index is 13.3. The van der Waals surface area contributed by atoms with Crippen molar-refractivity contribution < 1.29 is 14.0 Å². The lowest BCUT2D eigenvalue weighted by molar-refractivity contribution is -0.124. The number of halogens is 1. The van der Waals surface area contributed by atoms with E-state index in [0.717, 1.165) is 11.6 Å². The SMILES string of the molecule is CC(NC(=O)C(NC(=O)c1cccc(F)c1)C(C)C)c1ccccc1. The molecular formula is C20H23FN2O2. The Morgan fingerprint density at radius 1 is 0.920 bits per heavy atom. The van der Waals surface area contributed by atoms with Crippen LogP contribution in [0.2, 0.25) is 0 Å². The second-order valence-corrected chi connectivity index (χ2v) is 6.35. The Hall–Kier alpha value is -2.69. The molecule has 0 saturated heterocycles. The first-order valence-corrected chi connectivity index (χ1v) is 8.30. The third kappa shape index (κ3) is 5.14. The van der Waals surface area contributed by atoms with Crippen molar-refractivity contribution in [1.82, 2.24) is 10.6 Å². The number of benzene rings is 2. The summed E-state index contributed by atoms with van der Waals surface area (Å²) in [6, 6.07) is 14.1. The maximum Gasteiger partial charge on any atom is 0.252 e. The number of carbonyl (C=O) groups excluding carboxylic acids is 2. The van der Waals surface area contributed by atoms with Crippen LogP contribution in [-0.4, -0.2) is 17.9 Å². The minimum Gasteiger partial charge on any atom is -0.348 e. The number of rotatable bonds is 6. The average Bonchev–Trinajstić information content (AvgIpc) is 2.59. The van der Waals surface area contributed by atoms with Crippen molar-refractivity contribution in [2.24, 2.45) is 5.92 Å². The Kier molecular flexibility index (Phi) is 6.28. The third-order valence-electron chi connectivity index (χ3n) is 3.98. The van der Waals surface area contributed by atoms with Gasteiger partial charge in [0.1, 0.15) is 11.9 Å². The van der Waals surface area contributed by atoms with Crippen molar-refractivity contribution in [2.45, 2.75) is 32.9 Å². The van der Waals surface area contributed by atoms with Crippen LogP contribution in [0.4, 0.5) is 4.39 Å². The zero-order chi connectivity index (χ0) is 18.4. The largest absolute Gasteiger partial charge is 0.348 e. The van der Waals surface area contributed by atoms with E-state index >= 15 is 0 Å². The smallest absolute Gasteiger partial charge is 0.252 e. The normalized spacial score (nSPS) is 13.2. The standard InChI is InChI=1S/C20H23FN2O2/c1-13(2)18(23-19(24)16-10-7-11-17(21)12-16)20(25)22-14(3)15-8-5-4-6-9-15/h4-14,18H,1-3H3,(H,22,25)(H,23,24). The van der Waals surface area contributed by atoms with Crippen molar-refractivity contribution in [2.75, 3.05) is 0 Å². The molecule has 0 aliphatic heterocycles. The monoisotopic (exact) mass is 342 g/mol. The van der Waals surface area contributed by atoms with Crippen LogP contribution >= 0.6 is 0 Å². The molecule has 0 radical (unpaired) electrons. The number of amides is 2. The zero-order valence-electron chi connectivity index (χ0n) is 14.6. The van der Waals surface area contributed by atoms with Gasteiger partial charge in [-0.3, -0.25) is 9.59 Å². The minimum absolute atomic E-state index is 0.111. The summed E-state index contributed by atoms with van der Waals surface area (Å²) < 4.78 is 13.3. The van der Waals surface area contributed by atoms with Gasteiger partial charge in [0, 0.05) is 5.56 Å². The van der Waals surface area contributed by atoms with Crippen LogP contribution < -0.4 is 10.6 Å². The van der Waals surface area contributed by atoms with Gasteiger partial charge in [0.15, 0.2) is 0 Å². The van der Waals surface area contributed by atoms with Crippen LogP contribution in [-0.2, 0) is 4.79 Å². The van der Waals surface area contributed by atoms with Crippen molar-refractivity contribution in [3.05, 3.63) is 71.5 Å². The zero-order valence-corrected chi connectivity index (χ0v) is 14.6. The average molecular weight is 342 g/mol. The van der Waals surface area contributed by atoms with Crippen molar-refractivity contribution >= 4 is 11.8 Å². The van der Waals surface area contributed by atoms with Gasteiger partial charge in [-0.1, -0.05) is 50.2 Å². The highest BCUT2D eigenvalue weighted by molar-refractivity contribution is 5.97. The first-order chi connectivity index (χ1) is 11.9. The first kappa shape index (κ1) is 18.6. The first-order valence-electron chi connectivity index (χ1n) is 8.30. The molecule has 0 fully saturated rings. The molecule has 2 rings (SSSR count). The van der Waals surface area contributed by atoms with Gasteiger partial charge in [0.25, 0.3) is 5.91 Å². The summed E-state index contributed by atoms with van der Waals surface area (Å²) in [7, 11) is 0. The van der Waals surface area contributed by atoms with Gasteiger partial charge in [-0.15, -0.1) is 0 Å². The maximum atomic E-state index is 13.3. The Morgan fingerprint density at radius 3 is 2.20 bits per heavy atom. The Balaban J connectivity index is 2.06. The highest BCUT2D eigenvalue weighted by atomic mass is 19.1. The minimum atomic E-state index is -0.707. The lowest BCUT2D eigenvalue weighted by atomic mass is 10.0. The molecule has 2 N–H and O–H groups in total. The third-order valence-corrected chi connectivity index (χ3v) is 3.98. The van der Waals surface area contributed by atoms with Crippen molar-refractivity contribution in [1.29, 1.82) is 0 Å². The van der Waals surface area contributed by atoms with Crippen LogP contribution in [0.5, 0.6) is 0 Å². The number of hydrogen-bond donors (Lipinski definition) is 2. The fourth-order valence-electron chi connectivity index (χ4n) is 2.52. The van der Waals surface area contributed by atoms with E-state index in [2.05, 4.69) is 10.6 Å². The van der Waals surface area contributed by atoms with Crippen LogP contribution in [0.1, 0.15) is 42.7 Å². The highest BCUT2D eigenvalue weighted by Gasteiger charge is 2.26. The molecule has 2 atom stereocenters. The lowest BCUT2D eigenvalue weighted by Gasteiger charge is -2.24. The number of nitrogens with one attached hydrogen (secondary N) is 2. The molecule has 4 nitrogen and oxygen atoms in total. The van der Waals surface area contributed by atoms with Gasteiger partial charge in [-0.25, -0.2) is 4.39 Å². The molecule has 132 valence electrons. The summed E-state index contributed by atoms with van der Waals surface area (Å²) in [5.41, 5.74) is 1.17. The summed E-state index contributed by atoms with van der Waals surface area (Å²) in [5, 5.41) is 5.62. The molecule has 0 saturated carbocycles. The predicted molar refractivity (Wildman–Crippen MR) is 95.5 cm³/mol. The van der Waals surface area contributed by atoms with Crippen LogP contribution in [0, 0.1) is 11.7 Å². The molecular weight excluding hydrogens is 319 g/mol. The molecule has 2 aromatic carbocycles. The van der Waals surface area contributed by atoms with E-state index in [9.17, 15) is 14.0 Å². The summed E-state index contributed by atoms with van der Waals surface area (Å²) in [6.45, 7) is 5.59. The number of carbonyl (C=O) groups is 2. The molecule has 0 spiro atoms. The highest BCUT2D eigenvalue weighted by Crippen LogP contribution is 2.13.